The topological polar surface area (TPSA) is 82.1 Å². The van der Waals surface area contributed by atoms with E-state index in [9.17, 15) is 9.59 Å². The number of carbonyl (C=O) groups excluding carboxylic acids is 1. The molecule has 0 saturated carbocycles. The standard InChI is InChI=1S/C17H18N4O3/c1-13(10-20-9-7-18-12-20)19-17(23)15-6-5-14(24-15)11-21-8-3-2-4-16(21)22/h2-9,12-13H,10-11H2,1H3,(H,19,23). The molecule has 1 N–H and O–H groups in total. The van der Waals surface area contributed by atoms with Gasteiger partial charge in [-0.25, -0.2) is 4.98 Å². The molecule has 0 aliphatic heterocycles. The molecule has 7 heteroatoms. The van der Waals surface area contributed by atoms with E-state index in [-0.39, 0.29) is 29.8 Å². The van der Waals surface area contributed by atoms with E-state index in [2.05, 4.69) is 10.3 Å². The van der Waals surface area contributed by atoms with Crippen LogP contribution >= 0.6 is 0 Å². The number of nitrogens with one attached hydrogen (secondary N) is 1. The molecule has 7 nitrogen and oxygen atoms in total. The van der Waals surface area contributed by atoms with Crippen molar-refractivity contribution in [1.82, 2.24) is 19.4 Å². The number of hydrogen-bond acceptors (Lipinski definition) is 4. The third-order valence-electron chi connectivity index (χ3n) is 3.53. The van der Waals surface area contributed by atoms with Crippen LogP contribution in [-0.4, -0.2) is 26.1 Å². The van der Waals surface area contributed by atoms with Crippen LogP contribution in [0.4, 0.5) is 0 Å². The monoisotopic (exact) mass is 326 g/mol. The van der Waals surface area contributed by atoms with E-state index in [1.54, 1.807) is 43.0 Å². The number of hydrogen-bond donors (Lipinski definition) is 1. The first-order valence-electron chi connectivity index (χ1n) is 7.62. The second-order valence-corrected chi connectivity index (χ2v) is 5.57. The highest BCUT2D eigenvalue weighted by molar-refractivity contribution is 5.91. The van der Waals surface area contributed by atoms with Crippen molar-refractivity contribution >= 4 is 5.91 Å². The Kier molecular flexibility index (Phi) is 4.60. The number of pyridine rings is 1. The summed E-state index contributed by atoms with van der Waals surface area (Å²) in [6.45, 7) is 2.82. The molecule has 3 rings (SSSR count). The second kappa shape index (κ2) is 6.99. The zero-order valence-electron chi connectivity index (χ0n) is 13.3. The van der Waals surface area contributed by atoms with Crippen molar-refractivity contribution in [2.45, 2.75) is 26.1 Å². The van der Waals surface area contributed by atoms with Crippen molar-refractivity contribution in [2.75, 3.05) is 0 Å². The summed E-state index contributed by atoms with van der Waals surface area (Å²) in [7, 11) is 0. The Morgan fingerprint density at radius 1 is 1.29 bits per heavy atom. The predicted octanol–water partition coefficient (Wildman–Crippen LogP) is 1.50. The van der Waals surface area contributed by atoms with Gasteiger partial charge < -0.3 is 18.9 Å². The Hall–Kier alpha value is -3.09. The normalized spacial score (nSPS) is 12.0. The Morgan fingerprint density at radius 3 is 2.92 bits per heavy atom. The van der Waals surface area contributed by atoms with Gasteiger partial charge in [0.25, 0.3) is 11.5 Å². The van der Waals surface area contributed by atoms with E-state index < -0.39 is 0 Å². The third kappa shape index (κ3) is 3.81. The molecule has 3 aromatic rings. The Balaban J connectivity index is 1.61. The van der Waals surface area contributed by atoms with Crippen LogP contribution in [0.25, 0.3) is 0 Å². The molecule has 1 unspecified atom stereocenters. The lowest BCUT2D eigenvalue weighted by Gasteiger charge is -2.13. The summed E-state index contributed by atoms with van der Waals surface area (Å²) in [6, 6.07) is 8.18. The molecule has 0 aromatic carbocycles. The molecule has 0 fully saturated rings. The number of furan rings is 1. The fourth-order valence-corrected chi connectivity index (χ4v) is 2.40. The summed E-state index contributed by atoms with van der Waals surface area (Å²) in [5.74, 6) is 0.497. The van der Waals surface area contributed by atoms with Crippen molar-refractivity contribution in [1.29, 1.82) is 0 Å². The number of imidazole rings is 1. The number of aromatic nitrogens is 3. The molecule has 1 atom stereocenters. The van der Waals surface area contributed by atoms with Gasteiger partial charge in [-0.1, -0.05) is 6.07 Å². The molecule has 0 aliphatic carbocycles. The van der Waals surface area contributed by atoms with Crippen LogP contribution in [0, 0.1) is 0 Å². The largest absolute Gasteiger partial charge is 0.454 e. The molecule has 24 heavy (non-hydrogen) atoms. The minimum absolute atomic E-state index is 0.0722. The SMILES string of the molecule is CC(Cn1ccnc1)NC(=O)c1ccc(Cn2ccccc2=O)o1. The number of carbonyl (C=O) groups is 1. The van der Waals surface area contributed by atoms with E-state index in [1.165, 1.54) is 10.6 Å². The molecule has 0 bridgehead atoms. The average molecular weight is 326 g/mol. The second-order valence-electron chi connectivity index (χ2n) is 5.57. The lowest BCUT2D eigenvalue weighted by Crippen LogP contribution is -2.35. The highest BCUT2D eigenvalue weighted by atomic mass is 16.4. The van der Waals surface area contributed by atoms with Crippen LogP contribution in [0.15, 0.2) is 64.5 Å². The van der Waals surface area contributed by atoms with Gasteiger partial charge in [-0.2, -0.15) is 0 Å². The molecule has 124 valence electrons. The van der Waals surface area contributed by atoms with E-state index in [4.69, 9.17) is 4.42 Å². The molecule has 0 spiro atoms. The van der Waals surface area contributed by atoms with Crippen LogP contribution in [0.3, 0.4) is 0 Å². The van der Waals surface area contributed by atoms with Crippen LogP contribution in [0.2, 0.25) is 0 Å². The highest BCUT2D eigenvalue weighted by Gasteiger charge is 2.14. The van der Waals surface area contributed by atoms with Crippen LogP contribution in [0.1, 0.15) is 23.2 Å². The van der Waals surface area contributed by atoms with Gasteiger partial charge in [0, 0.05) is 37.2 Å². The maximum absolute atomic E-state index is 12.2. The van der Waals surface area contributed by atoms with Gasteiger partial charge in [0.2, 0.25) is 0 Å². The molecular weight excluding hydrogens is 308 g/mol. The van der Waals surface area contributed by atoms with Gasteiger partial charge in [-0.05, 0) is 25.1 Å². The predicted molar refractivity (Wildman–Crippen MR) is 87.7 cm³/mol. The van der Waals surface area contributed by atoms with Crippen LogP contribution < -0.4 is 10.9 Å². The lowest BCUT2D eigenvalue weighted by molar-refractivity contribution is 0.0906. The number of rotatable bonds is 6. The van der Waals surface area contributed by atoms with Crippen LogP contribution in [-0.2, 0) is 13.1 Å². The molecule has 3 aromatic heterocycles. The molecule has 0 aliphatic rings. The fraction of sp³-hybridized carbons (Fsp3) is 0.235. The molecular formula is C17H18N4O3. The van der Waals surface area contributed by atoms with Crippen molar-refractivity contribution in [3.05, 3.63) is 77.1 Å². The molecule has 3 heterocycles. The van der Waals surface area contributed by atoms with E-state index in [1.807, 2.05) is 17.7 Å². The lowest BCUT2D eigenvalue weighted by atomic mass is 10.3. The summed E-state index contributed by atoms with van der Waals surface area (Å²) in [5.41, 5.74) is -0.117. The summed E-state index contributed by atoms with van der Waals surface area (Å²) < 4.78 is 8.95. The van der Waals surface area contributed by atoms with Gasteiger partial charge >= 0.3 is 0 Å². The minimum atomic E-state index is -0.283. The Bertz CT molecular complexity index is 864. The van der Waals surface area contributed by atoms with Crippen molar-refractivity contribution in [2.24, 2.45) is 0 Å². The van der Waals surface area contributed by atoms with Gasteiger partial charge in [-0.15, -0.1) is 0 Å². The smallest absolute Gasteiger partial charge is 0.287 e. The summed E-state index contributed by atoms with van der Waals surface area (Å²) >= 11 is 0. The number of amides is 1. The first-order valence-corrected chi connectivity index (χ1v) is 7.62. The highest BCUT2D eigenvalue weighted by Crippen LogP contribution is 2.09. The maximum atomic E-state index is 12.2. The van der Waals surface area contributed by atoms with Gasteiger partial charge in [0.05, 0.1) is 12.9 Å². The first-order chi connectivity index (χ1) is 11.6. The van der Waals surface area contributed by atoms with Gasteiger partial charge in [-0.3, -0.25) is 9.59 Å². The third-order valence-corrected chi connectivity index (χ3v) is 3.53. The van der Waals surface area contributed by atoms with Gasteiger partial charge in [0.1, 0.15) is 5.76 Å². The van der Waals surface area contributed by atoms with E-state index >= 15 is 0 Å². The van der Waals surface area contributed by atoms with Crippen molar-refractivity contribution < 1.29 is 9.21 Å². The quantitative estimate of drug-likeness (QED) is 0.744. The van der Waals surface area contributed by atoms with E-state index in [0.717, 1.165) is 0 Å². The fourth-order valence-electron chi connectivity index (χ4n) is 2.40. The van der Waals surface area contributed by atoms with Crippen LogP contribution in [0.5, 0.6) is 0 Å². The summed E-state index contributed by atoms with van der Waals surface area (Å²) in [6.07, 6.45) is 6.91. The zero-order valence-corrected chi connectivity index (χ0v) is 13.3. The Morgan fingerprint density at radius 2 is 2.17 bits per heavy atom. The van der Waals surface area contributed by atoms with E-state index in [0.29, 0.717) is 12.3 Å². The minimum Gasteiger partial charge on any atom is -0.454 e. The number of nitrogens with zero attached hydrogens (tertiary/aromatic N) is 3. The van der Waals surface area contributed by atoms with Gasteiger partial charge in [0.15, 0.2) is 5.76 Å². The average Bonchev–Trinajstić information content (AvgIpc) is 3.21. The zero-order chi connectivity index (χ0) is 16.9. The Labute approximate surface area is 138 Å². The molecule has 0 radical (unpaired) electrons. The summed E-state index contributed by atoms with van der Waals surface area (Å²) in [4.78, 5) is 27.9. The summed E-state index contributed by atoms with van der Waals surface area (Å²) in [5, 5.41) is 2.87. The molecule has 0 saturated heterocycles. The first kappa shape index (κ1) is 15.8. The maximum Gasteiger partial charge on any atom is 0.287 e. The molecule has 1 amide bonds. The van der Waals surface area contributed by atoms with Crippen molar-refractivity contribution in [3.63, 3.8) is 0 Å². The van der Waals surface area contributed by atoms with Crippen molar-refractivity contribution in [3.8, 4) is 0 Å².